The van der Waals surface area contributed by atoms with Crippen molar-refractivity contribution in [3.63, 3.8) is 0 Å². The molecular weight excluding hydrogens is 376 g/mol. The van der Waals surface area contributed by atoms with Crippen LogP contribution in [0.5, 0.6) is 0 Å². The molecule has 0 aliphatic heterocycles. The summed E-state index contributed by atoms with van der Waals surface area (Å²) in [5.41, 5.74) is 6.67. The summed E-state index contributed by atoms with van der Waals surface area (Å²) in [5, 5.41) is 8.35. The highest BCUT2D eigenvalue weighted by Gasteiger charge is 2.13. The molecule has 2 aromatic rings. The molecule has 0 amide bonds. The van der Waals surface area contributed by atoms with E-state index in [4.69, 9.17) is 10.5 Å². The van der Waals surface area contributed by atoms with Crippen LogP contribution in [0.1, 0.15) is 5.82 Å². The Morgan fingerprint density at radius 1 is 1.21 bits per heavy atom. The molecule has 7 heteroatoms. The third-order valence-electron chi connectivity index (χ3n) is 2.65. The normalized spacial score (nSPS) is 10.9. The summed E-state index contributed by atoms with van der Waals surface area (Å²) in [4.78, 5) is 0. The zero-order valence-corrected chi connectivity index (χ0v) is 13.6. The lowest BCUT2D eigenvalue weighted by Crippen LogP contribution is -2.12. The van der Waals surface area contributed by atoms with Gasteiger partial charge in [0.15, 0.2) is 5.82 Å². The summed E-state index contributed by atoms with van der Waals surface area (Å²) in [6.07, 6.45) is 0. The van der Waals surface area contributed by atoms with Gasteiger partial charge in [0.05, 0.1) is 13.2 Å². The largest absolute Gasteiger partial charge is 0.383 e. The lowest BCUT2D eigenvalue weighted by Gasteiger charge is -2.09. The van der Waals surface area contributed by atoms with Gasteiger partial charge in [0.2, 0.25) is 0 Å². The van der Waals surface area contributed by atoms with E-state index < -0.39 is 0 Å². The van der Waals surface area contributed by atoms with E-state index in [1.165, 1.54) is 0 Å². The molecule has 0 radical (unpaired) electrons. The number of hydrogen-bond acceptors (Lipinski definition) is 4. The maximum atomic E-state index is 5.69. The highest BCUT2D eigenvalue weighted by Crippen LogP contribution is 2.27. The van der Waals surface area contributed by atoms with Gasteiger partial charge in [-0.1, -0.05) is 31.9 Å². The van der Waals surface area contributed by atoms with Gasteiger partial charge >= 0.3 is 0 Å². The van der Waals surface area contributed by atoms with Crippen LogP contribution in [0.4, 0.5) is 0 Å². The second-order valence-electron chi connectivity index (χ2n) is 3.95. The van der Waals surface area contributed by atoms with Crippen LogP contribution in [-0.2, 0) is 17.8 Å². The van der Waals surface area contributed by atoms with Gasteiger partial charge in [-0.3, -0.25) is 0 Å². The monoisotopic (exact) mass is 388 g/mol. The minimum atomic E-state index is 0.353. The Kier molecular flexibility index (Phi) is 5.09. The molecule has 102 valence electrons. The Morgan fingerprint density at radius 2 is 1.89 bits per heavy atom. The lowest BCUT2D eigenvalue weighted by molar-refractivity contribution is 0.186. The Morgan fingerprint density at radius 3 is 2.47 bits per heavy atom. The smallest absolute Gasteiger partial charge is 0.164 e. The van der Waals surface area contributed by atoms with E-state index in [1.54, 1.807) is 7.11 Å². The summed E-state index contributed by atoms with van der Waals surface area (Å²) in [5.74, 6) is 1.54. The van der Waals surface area contributed by atoms with Gasteiger partial charge in [0.25, 0.3) is 0 Å². The zero-order chi connectivity index (χ0) is 13.8. The number of hydrogen-bond donors (Lipinski definition) is 1. The van der Waals surface area contributed by atoms with Crippen molar-refractivity contribution in [3.8, 4) is 11.4 Å². The topological polar surface area (TPSA) is 66.0 Å². The quantitative estimate of drug-likeness (QED) is 0.853. The molecule has 0 atom stereocenters. The first-order chi connectivity index (χ1) is 9.15. The van der Waals surface area contributed by atoms with Crippen LogP contribution in [0.25, 0.3) is 11.4 Å². The molecule has 0 aliphatic carbocycles. The van der Waals surface area contributed by atoms with E-state index >= 15 is 0 Å². The van der Waals surface area contributed by atoms with E-state index in [0.29, 0.717) is 19.7 Å². The fraction of sp³-hybridized carbons (Fsp3) is 0.333. The third kappa shape index (κ3) is 3.42. The van der Waals surface area contributed by atoms with Crippen LogP contribution in [0.15, 0.2) is 27.1 Å². The molecule has 5 nitrogen and oxygen atoms in total. The minimum Gasteiger partial charge on any atom is -0.383 e. The summed E-state index contributed by atoms with van der Waals surface area (Å²) in [6, 6.07) is 5.97. The minimum absolute atomic E-state index is 0.353. The van der Waals surface area contributed by atoms with E-state index in [1.807, 2.05) is 22.8 Å². The van der Waals surface area contributed by atoms with E-state index in [9.17, 15) is 0 Å². The van der Waals surface area contributed by atoms with Gasteiger partial charge in [0, 0.05) is 28.2 Å². The van der Waals surface area contributed by atoms with Gasteiger partial charge < -0.3 is 15.0 Å². The number of methoxy groups -OCH3 is 1. The first-order valence-corrected chi connectivity index (χ1v) is 7.32. The van der Waals surface area contributed by atoms with Crippen molar-refractivity contribution in [1.82, 2.24) is 14.8 Å². The molecule has 0 bridgehead atoms. The second kappa shape index (κ2) is 6.60. The standard InChI is InChI=1S/C12H14Br2N4O/c1-19-3-2-18-11(7-15)16-17-12(18)8-4-9(13)6-10(14)5-8/h4-6H,2-3,7,15H2,1H3. The zero-order valence-electron chi connectivity index (χ0n) is 10.4. The average molecular weight is 390 g/mol. The van der Waals surface area contributed by atoms with Gasteiger partial charge in [-0.2, -0.15) is 0 Å². The Bertz CT molecular complexity index is 551. The number of benzene rings is 1. The van der Waals surface area contributed by atoms with Gasteiger partial charge in [-0.25, -0.2) is 0 Å². The Balaban J connectivity index is 2.45. The number of rotatable bonds is 5. The van der Waals surface area contributed by atoms with Crippen LogP contribution in [-0.4, -0.2) is 28.5 Å². The predicted molar refractivity (Wildman–Crippen MR) is 80.6 cm³/mol. The number of nitrogens with two attached hydrogens (primary N) is 1. The number of nitrogens with zero attached hydrogens (tertiary/aromatic N) is 3. The molecule has 0 fully saturated rings. The average Bonchev–Trinajstić information content (AvgIpc) is 2.77. The lowest BCUT2D eigenvalue weighted by atomic mass is 10.2. The van der Waals surface area contributed by atoms with Crippen LogP contribution in [0.2, 0.25) is 0 Å². The number of ether oxygens (including phenoxy) is 1. The SMILES string of the molecule is COCCn1c(CN)nnc1-c1cc(Br)cc(Br)c1. The first-order valence-electron chi connectivity index (χ1n) is 5.73. The fourth-order valence-electron chi connectivity index (χ4n) is 1.80. The van der Waals surface area contributed by atoms with Crippen molar-refractivity contribution >= 4 is 31.9 Å². The van der Waals surface area contributed by atoms with Gasteiger partial charge in [-0.05, 0) is 18.2 Å². The summed E-state index contributed by atoms with van der Waals surface area (Å²) < 4.78 is 9.06. The highest BCUT2D eigenvalue weighted by molar-refractivity contribution is 9.11. The highest BCUT2D eigenvalue weighted by atomic mass is 79.9. The van der Waals surface area contributed by atoms with Crippen molar-refractivity contribution in [2.75, 3.05) is 13.7 Å². The van der Waals surface area contributed by atoms with Crippen molar-refractivity contribution in [1.29, 1.82) is 0 Å². The van der Waals surface area contributed by atoms with Crippen LogP contribution < -0.4 is 5.73 Å². The molecule has 0 spiro atoms. The molecule has 1 aromatic heterocycles. The molecule has 0 saturated heterocycles. The van der Waals surface area contributed by atoms with E-state index in [0.717, 1.165) is 26.2 Å². The Labute approximate surface area is 128 Å². The third-order valence-corrected chi connectivity index (χ3v) is 3.57. The maximum Gasteiger partial charge on any atom is 0.164 e. The molecule has 1 aromatic carbocycles. The second-order valence-corrected chi connectivity index (χ2v) is 5.78. The molecular formula is C12H14Br2N4O. The van der Waals surface area contributed by atoms with Crippen LogP contribution >= 0.6 is 31.9 Å². The van der Waals surface area contributed by atoms with Gasteiger partial charge in [-0.15, -0.1) is 10.2 Å². The molecule has 0 saturated carbocycles. The predicted octanol–water partition coefficient (Wildman–Crippen LogP) is 2.58. The van der Waals surface area contributed by atoms with Gasteiger partial charge in [0.1, 0.15) is 5.82 Å². The molecule has 1 heterocycles. The van der Waals surface area contributed by atoms with E-state index in [-0.39, 0.29) is 0 Å². The first kappa shape index (κ1) is 14.6. The summed E-state index contributed by atoms with van der Waals surface area (Å²) in [7, 11) is 1.67. The molecule has 0 aliphatic rings. The van der Waals surface area contributed by atoms with Crippen LogP contribution in [0.3, 0.4) is 0 Å². The van der Waals surface area contributed by atoms with Crippen molar-refractivity contribution in [2.45, 2.75) is 13.1 Å². The summed E-state index contributed by atoms with van der Waals surface area (Å²) >= 11 is 6.95. The number of aromatic nitrogens is 3. The molecule has 19 heavy (non-hydrogen) atoms. The molecule has 2 N–H and O–H groups in total. The Hall–Kier alpha value is -0.760. The van der Waals surface area contributed by atoms with Crippen LogP contribution in [0, 0.1) is 0 Å². The fourth-order valence-corrected chi connectivity index (χ4v) is 3.09. The van der Waals surface area contributed by atoms with Crippen molar-refractivity contribution in [3.05, 3.63) is 33.0 Å². The van der Waals surface area contributed by atoms with Crippen molar-refractivity contribution < 1.29 is 4.74 Å². The summed E-state index contributed by atoms with van der Waals surface area (Å²) in [6.45, 7) is 1.62. The van der Waals surface area contributed by atoms with Crippen molar-refractivity contribution in [2.24, 2.45) is 5.73 Å². The maximum absolute atomic E-state index is 5.69. The number of halogens is 2. The van der Waals surface area contributed by atoms with E-state index in [2.05, 4.69) is 42.1 Å². The molecule has 2 rings (SSSR count). The molecule has 0 unspecified atom stereocenters.